The average molecular weight is 402 g/mol. The third-order valence-corrected chi connectivity index (χ3v) is 5.97. The molecule has 0 aliphatic heterocycles. The van der Waals surface area contributed by atoms with Gasteiger partial charge in [0.1, 0.15) is 0 Å². The molecule has 0 spiro atoms. The second-order valence-electron chi connectivity index (χ2n) is 8.77. The molecule has 1 aliphatic rings. The first kappa shape index (κ1) is 20.9. The third kappa shape index (κ3) is 4.96. The topological polar surface area (TPSA) is 57.0 Å². The van der Waals surface area contributed by atoms with Crippen LogP contribution >= 0.6 is 11.8 Å². The number of hydrogen-bond acceptors (Lipinski definition) is 5. The van der Waals surface area contributed by atoms with Crippen LogP contribution in [0, 0.1) is 0 Å². The molecule has 1 fully saturated rings. The summed E-state index contributed by atoms with van der Waals surface area (Å²) >= 11 is 1.42. The van der Waals surface area contributed by atoms with E-state index in [0.29, 0.717) is 6.04 Å². The zero-order valence-electron chi connectivity index (χ0n) is 17.6. The molecule has 1 aromatic heterocycles. The Morgan fingerprint density at radius 1 is 1.18 bits per heavy atom. The van der Waals surface area contributed by atoms with Crippen molar-refractivity contribution in [1.82, 2.24) is 14.8 Å². The maximum atomic E-state index is 12.0. The van der Waals surface area contributed by atoms with E-state index in [1.807, 2.05) is 13.8 Å². The highest BCUT2D eigenvalue weighted by molar-refractivity contribution is 7.99. The highest BCUT2D eigenvalue weighted by Gasteiger charge is 2.26. The molecule has 2 aromatic rings. The number of benzene rings is 1. The van der Waals surface area contributed by atoms with Crippen molar-refractivity contribution in [3.05, 3.63) is 29.8 Å². The molecule has 152 valence electrons. The van der Waals surface area contributed by atoms with Gasteiger partial charge in [0.05, 0.1) is 11.9 Å². The van der Waals surface area contributed by atoms with Gasteiger partial charge in [-0.05, 0) is 37.7 Å². The number of carbonyl (C=O) groups is 1. The molecule has 28 heavy (non-hydrogen) atoms. The van der Waals surface area contributed by atoms with Gasteiger partial charge in [-0.2, -0.15) is 0 Å². The molecule has 6 heteroatoms. The van der Waals surface area contributed by atoms with Gasteiger partial charge in [-0.1, -0.05) is 69.6 Å². The lowest BCUT2D eigenvalue weighted by Gasteiger charge is -2.20. The highest BCUT2D eigenvalue weighted by atomic mass is 32.2. The second kappa shape index (κ2) is 8.68. The lowest BCUT2D eigenvalue weighted by Crippen LogP contribution is -2.14. The molecule has 0 amide bonds. The average Bonchev–Trinajstić information content (AvgIpc) is 3.28. The van der Waals surface area contributed by atoms with Gasteiger partial charge in [0.2, 0.25) is 0 Å². The molecule has 5 nitrogen and oxygen atoms in total. The number of thioether (sulfide) groups is 1. The van der Waals surface area contributed by atoms with E-state index in [-0.39, 0.29) is 23.2 Å². The first-order valence-corrected chi connectivity index (χ1v) is 11.1. The van der Waals surface area contributed by atoms with Crippen molar-refractivity contribution in [1.29, 1.82) is 0 Å². The third-order valence-electron chi connectivity index (χ3n) is 5.05. The van der Waals surface area contributed by atoms with Crippen molar-refractivity contribution in [2.24, 2.45) is 0 Å². The van der Waals surface area contributed by atoms with E-state index >= 15 is 0 Å². The molecule has 0 atom stereocenters. The van der Waals surface area contributed by atoms with Crippen LogP contribution in [0.3, 0.4) is 0 Å². The summed E-state index contributed by atoms with van der Waals surface area (Å²) in [6.07, 6.45) is 4.62. The Labute approximate surface area is 172 Å². The lowest BCUT2D eigenvalue weighted by atomic mass is 9.86. The number of esters is 1. The number of hydrogen-bond donors (Lipinski definition) is 0. The molecule has 0 N–H and O–H groups in total. The Kier molecular flexibility index (Phi) is 6.48. The SMILES string of the molecule is CC(C)OC(=O)CSc1nnc(-c2ccc(C(C)(C)C)cc2)n1C1CCCC1. The summed E-state index contributed by atoms with van der Waals surface area (Å²) in [7, 11) is 0. The van der Waals surface area contributed by atoms with E-state index in [2.05, 4.69) is 59.8 Å². The molecular formula is C22H31N3O2S. The predicted molar refractivity (Wildman–Crippen MR) is 114 cm³/mol. The molecule has 1 saturated carbocycles. The minimum atomic E-state index is -0.211. The zero-order chi connectivity index (χ0) is 20.3. The summed E-state index contributed by atoms with van der Waals surface area (Å²) in [5.41, 5.74) is 2.49. The van der Waals surface area contributed by atoms with Crippen molar-refractivity contribution < 1.29 is 9.53 Å². The van der Waals surface area contributed by atoms with E-state index in [1.54, 1.807) is 0 Å². The van der Waals surface area contributed by atoms with Gasteiger partial charge in [0.15, 0.2) is 11.0 Å². The fourth-order valence-electron chi connectivity index (χ4n) is 3.60. The first-order valence-electron chi connectivity index (χ1n) is 10.1. The van der Waals surface area contributed by atoms with Crippen molar-refractivity contribution >= 4 is 17.7 Å². The molecule has 3 rings (SSSR count). The van der Waals surface area contributed by atoms with Crippen LogP contribution in [0.15, 0.2) is 29.4 Å². The zero-order valence-corrected chi connectivity index (χ0v) is 18.4. The van der Waals surface area contributed by atoms with Gasteiger partial charge in [0.25, 0.3) is 0 Å². The molecule has 0 unspecified atom stereocenters. The molecule has 1 aromatic carbocycles. The van der Waals surface area contributed by atoms with Crippen molar-refractivity contribution in [3.63, 3.8) is 0 Å². The largest absolute Gasteiger partial charge is 0.462 e. The Balaban J connectivity index is 1.87. The van der Waals surface area contributed by atoms with Crippen LogP contribution in [0.5, 0.6) is 0 Å². The molecule has 1 heterocycles. The molecule has 0 saturated heterocycles. The smallest absolute Gasteiger partial charge is 0.316 e. The summed E-state index contributed by atoms with van der Waals surface area (Å²) in [5.74, 6) is 0.940. The quantitative estimate of drug-likeness (QED) is 0.479. The number of ether oxygens (including phenoxy) is 1. The monoisotopic (exact) mass is 401 g/mol. The number of carbonyl (C=O) groups excluding carboxylic acids is 1. The maximum Gasteiger partial charge on any atom is 0.316 e. The van der Waals surface area contributed by atoms with Crippen LogP contribution in [-0.4, -0.2) is 32.6 Å². The van der Waals surface area contributed by atoms with Gasteiger partial charge in [-0.3, -0.25) is 9.36 Å². The van der Waals surface area contributed by atoms with Crippen LogP contribution in [0.2, 0.25) is 0 Å². The Morgan fingerprint density at radius 2 is 1.82 bits per heavy atom. The fraction of sp³-hybridized carbons (Fsp3) is 0.591. The molecule has 0 radical (unpaired) electrons. The number of nitrogens with zero attached hydrogens (tertiary/aromatic N) is 3. The van der Waals surface area contributed by atoms with Crippen LogP contribution in [0.1, 0.15) is 71.9 Å². The van der Waals surface area contributed by atoms with E-state index in [9.17, 15) is 4.79 Å². The van der Waals surface area contributed by atoms with Crippen molar-refractivity contribution in [3.8, 4) is 11.4 Å². The second-order valence-corrected chi connectivity index (χ2v) is 9.71. The minimum Gasteiger partial charge on any atom is -0.462 e. The summed E-state index contributed by atoms with van der Waals surface area (Å²) in [5, 5.41) is 9.74. The maximum absolute atomic E-state index is 12.0. The summed E-state index contributed by atoms with van der Waals surface area (Å²) in [4.78, 5) is 12.0. The van der Waals surface area contributed by atoms with E-state index in [1.165, 1.54) is 30.2 Å². The van der Waals surface area contributed by atoms with Crippen LogP contribution in [0.25, 0.3) is 11.4 Å². The normalized spacial score (nSPS) is 15.4. The van der Waals surface area contributed by atoms with Gasteiger partial charge in [-0.25, -0.2) is 0 Å². The Morgan fingerprint density at radius 3 is 2.39 bits per heavy atom. The predicted octanol–water partition coefficient (Wildman–Crippen LogP) is 5.40. The van der Waals surface area contributed by atoms with E-state index in [0.717, 1.165) is 29.4 Å². The van der Waals surface area contributed by atoms with E-state index in [4.69, 9.17) is 4.74 Å². The summed E-state index contributed by atoms with van der Waals surface area (Å²) in [6.45, 7) is 10.4. The highest BCUT2D eigenvalue weighted by Crippen LogP contribution is 2.37. The lowest BCUT2D eigenvalue weighted by molar-refractivity contribution is -0.144. The van der Waals surface area contributed by atoms with Gasteiger partial charge in [0, 0.05) is 11.6 Å². The first-order chi connectivity index (χ1) is 13.3. The van der Waals surface area contributed by atoms with Crippen LogP contribution < -0.4 is 0 Å². The molecule has 1 aliphatic carbocycles. The minimum absolute atomic E-state index is 0.0994. The fourth-order valence-corrected chi connectivity index (χ4v) is 4.39. The molecular weight excluding hydrogens is 370 g/mol. The number of aromatic nitrogens is 3. The molecule has 0 bridgehead atoms. The van der Waals surface area contributed by atoms with Gasteiger partial charge >= 0.3 is 5.97 Å². The van der Waals surface area contributed by atoms with Gasteiger partial charge < -0.3 is 4.74 Å². The standard InChI is InChI=1S/C22H31N3O2S/c1-15(2)27-19(26)14-28-21-24-23-20(25(21)18-8-6-7-9-18)16-10-12-17(13-11-16)22(3,4)5/h10-13,15,18H,6-9,14H2,1-5H3. The Hall–Kier alpha value is -1.82. The van der Waals surface area contributed by atoms with Crippen LogP contribution in [-0.2, 0) is 14.9 Å². The van der Waals surface area contributed by atoms with Crippen molar-refractivity contribution in [2.45, 2.75) is 83.0 Å². The van der Waals surface area contributed by atoms with Crippen molar-refractivity contribution in [2.75, 3.05) is 5.75 Å². The van der Waals surface area contributed by atoms with Gasteiger partial charge in [-0.15, -0.1) is 10.2 Å². The number of rotatable bonds is 6. The summed E-state index contributed by atoms with van der Waals surface area (Å²) < 4.78 is 7.50. The van der Waals surface area contributed by atoms with Crippen LogP contribution in [0.4, 0.5) is 0 Å². The van der Waals surface area contributed by atoms with E-state index < -0.39 is 0 Å². The Bertz CT molecular complexity index is 800. The summed E-state index contributed by atoms with van der Waals surface area (Å²) in [6, 6.07) is 9.02.